The third-order valence-corrected chi connectivity index (χ3v) is 3.60. The van der Waals surface area contributed by atoms with Crippen molar-refractivity contribution in [3.05, 3.63) is 64.9 Å². The smallest absolute Gasteiger partial charge is 0.249 e. The van der Waals surface area contributed by atoms with Gasteiger partial charge in [-0.25, -0.2) is 0 Å². The molecule has 0 aliphatic rings. The molecule has 0 radical (unpaired) electrons. The van der Waals surface area contributed by atoms with Crippen LogP contribution in [0.4, 0.5) is 5.69 Å². The van der Waals surface area contributed by atoms with Gasteiger partial charge in [-0.3, -0.25) is 0 Å². The number of nitrogen functional groups attached to an aromatic ring is 1. The Bertz CT molecular complexity index is 739. The number of aryl methyl sites for hydroxylation is 1. The fourth-order valence-corrected chi connectivity index (χ4v) is 2.12. The molecule has 2 aromatic carbocycles. The van der Waals surface area contributed by atoms with Crippen LogP contribution in [0, 0.1) is 6.92 Å². The number of hydrogen-bond donors (Lipinski definition) is 1. The first-order chi connectivity index (χ1) is 11.1. The van der Waals surface area contributed by atoms with E-state index in [0.717, 1.165) is 10.0 Å². The highest BCUT2D eigenvalue weighted by atomic mass is 79.9. The first-order valence-electron chi connectivity index (χ1n) is 6.90. The number of aromatic nitrogens is 2. The van der Waals surface area contributed by atoms with E-state index in [4.69, 9.17) is 15.2 Å². The summed E-state index contributed by atoms with van der Waals surface area (Å²) in [6.07, 6.45) is 1.36. The summed E-state index contributed by atoms with van der Waals surface area (Å²) in [6.45, 7) is 2.01. The summed E-state index contributed by atoms with van der Waals surface area (Å²) < 4.78 is 12.3. The Balaban J connectivity index is 1.83. The van der Waals surface area contributed by atoms with Crippen molar-refractivity contribution in [1.82, 2.24) is 9.97 Å². The topological polar surface area (TPSA) is 70.3 Å². The molecular formula is C17H14BrN3O2. The van der Waals surface area contributed by atoms with Crippen molar-refractivity contribution in [2.75, 3.05) is 5.73 Å². The number of ether oxygens (including phenoxy) is 2. The van der Waals surface area contributed by atoms with Crippen LogP contribution in [0.1, 0.15) is 5.56 Å². The van der Waals surface area contributed by atoms with Crippen molar-refractivity contribution >= 4 is 21.6 Å². The Hall–Kier alpha value is -2.60. The molecule has 0 bridgehead atoms. The molecule has 0 saturated heterocycles. The molecule has 0 saturated carbocycles. The molecule has 116 valence electrons. The van der Waals surface area contributed by atoms with E-state index in [9.17, 15) is 0 Å². The lowest BCUT2D eigenvalue weighted by Gasteiger charge is -2.11. The van der Waals surface area contributed by atoms with E-state index >= 15 is 0 Å². The molecule has 5 nitrogen and oxygen atoms in total. The van der Waals surface area contributed by atoms with Crippen LogP contribution in [0.15, 0.2) is 59.3 Å². The van der Waals surface area contributed by atoms with Crippen LogP contribution in [0.5, 0.6) is 23.3 Å². The first-order valence-corrected chi connectivity index (χ1v) is 7.69. The minimum atomic E-state index is 0.246. The van der Waals surface area contributed by atoms with E-state index in [2.05, 4.69) is 25.9 Å². The summed E-state index contributed by atoms with van der Waals surface area (Å²) in [7, 11) is 0. The van der Waals surface area contributed by atoms with Gasteiger partial charge in [0.15, 0.2) is 5.69 Å². The van der Waals surface area contributed by atoms with Crippen LogP contribution in [0.3, 0.4) is 0 Å². The quantitative estimate of drug-likeness (QED) is 0.718. The average molecular weight is 372 g/mol. The van der Waals surface area contributed by atoms with Crippen molar-refractivity contribution < 1.29 is 9.47 Å². The van der Waals surface area contributed by atoms with Crippen LogP contribution in [-0.4, -0.2) is 9.97 Å². The molecule has 0 fully saturated rings. The summed E-state index contributed by atoms with van der Waals surface area (Å²) in [5.74, 6) is 1.79. The van der Waals surface area contributed by atoms with Crippen LogP contribution in [-0.2, 0) is 0 Å². The van der Waals surface area contributed by atoms with Crippen molar-refractivity contribution in [3.8, 4) is 23.3 Å². The zero-order valence-electron chi connectivity index (χ0n) is 12.4. The predicted molar refractivity (Wildman–Crippen MR) is 91.9 cm³/mol. The van der Waals surface area contributed by atoms with Gasteiger partial charge in [0.25, 0.3) is 0 Å². The maximum atomic E-state index is 6.05. The highest BCUT2D eigenvalue weighted by Crippen LogP contribution is 2.33. The number of nitrogens with zero attached hydrogens (tertiary/aromatic N) is 2. The second-order valence-electron chi connectivity index (χ2n) is 4.87. The van der Waals surface area contributed by atoms with E-state index in [-0.39, 0.29) is 17.4 Å². The molecule has 6 heteroatoms. The van der Waals surface area contributed by atoms with Crippen molar-refractivity contribution in [1.29, 1.82) is 0 Å². The maximum absolute atomic E-state index is 6.05. The van der Waals surface area contributed by atoms with Gasteiger partial charge < -0.3 is 15.2 Å². The van der Waals surface area contributed by atoms with Crippen molar-refractivity contribution in [3.63, 3.8) is 0 Å². The Labute approximate surface area is 142 Å². The summed E-state index contributed by atoms with van der Waals surface area (Å²) in [5.41, 5.74) is 7.45. The Morgan fingerprint density at radius 3 is 1.83 bits per heavy atom. The SMILES string of the molecule is Cc1ccc(Oc2ncnc(Oc3ccc(Br)cc3)c2N)cc1. The summed E-state index contributed by atoms with van der Waals surface area (Å²) in [6, 6.07) is 15.0. The molecule has 23 heavy (non-hydrogen) atoms. The Morgan fingerprint density at radius 1 is 0.826 bits per heavy atom. The first kappa shape index (κ1) is 15.3. The van der Waals surface area contributed by atoms with E-state index in [1.807, 2.05) is 55.5 Å². The standard InChI is InChI=1S/C17H14BrN3O2/c1-11-2-6-13(7-3-11)22-16-15(19)17(21-10-20-16)23-14-8-4-12(18)5-9-14/h2-10H,19H2,1H3. The van der Waals surface area contributed by atoms with Gasteiger partial charge in [0.1, 0.15) is 17.8 Å². The van der Waals surface area contributed by atoms with Gasteiger partial charge in [-0.15, -0.1) is 0 Å². The largest absolute Gasteiger partial charge is 0.437 e. The minimum Gasteiger partial charge on any atom is -0.437 e. The molecule has 0 atom stereocenters. The maximum Gasteiger partial charge on any atom is 0.249 e. The fourth-order valence-electron chi connectivity index (χ4n) is 1.86. The number of nitrogens with two attached hydrogens (primary N) is 1. The molecular weight excluding hydrogens is 358 g/mol. The zero-order valence-corrected chi connectivity index (χ0v) is 13.9. The van der Waals surface area contributed by atoms with Crippen LogP contribution in [0.2, 0.25) is 0 Å². The van der Waals surface area contributed by atoms with Crippen LogP contribution < -0.4 is 15.2 Å². The van der Waals surface area contributed by atoms with E-state index < -0.39 is 0 Å². The van der Waals surface area contributed by atoms with Gasteiger partial charge in [0, 0.05) is 4.47 Å². The number of rotatable bonds is 4. The van der Waals surface area contributed by atoms with Crippen LogP contribution in [0.25, 0.3) is 0 Å². The molecule has 3 rings (SSSR count). The van der Waals surface area contributed by atoms with Crippen molar-refractivity contribution in [2.24, 2.45) is 0 Å². The normalized spacial score (nSPS) is 10.3. The zero-order chi connectivity index (χ0) is 16.2. The Morgan fingerprint density at radius 2 is 1.30 bits per heavy atom. The Kier molecular flexibility index (Phi) is 4.43. The van der Waals surface area contributed by atoms with Gasteiger partial charge in [-0.2, -0.15) is 9.97 Å². The third kappa shape index (κ3) is 3.78. The molecule has 0 spiro atoms. The van der Waals surface area contributed by atoms with E-state index in [0.29, 0.717) is 11.5 Å². The average Bonchev–Trinajstić information content (AvgIpc) is 2.55. The fraction of sp³-hybridized carbons (Fsp3) is 0.0588. The lowest BCUT2D eigenvalue weighted by molar-refractivity contribution is 0.438. The molecule has 1 heterocycles. The third-order valence-electron chi connectivity index (χ3n) is 3.07. The van der Waals surface area contributed by atoms with Gasteiger partial charge in [-0.1, -0.05) is 33.6 Å². The second-order valence-corrected chi connectivity index (χ2v) is 5.78. The number of hydrogen-bond acceptors (Lipinski definition) is 5. The molecule has 1 aromatic heterocycles. The lowest BCUT2D eigenvalue weighted by atomic mass is 10.2. The molecule has 0 aliphatic carbocycles. The molecule has 0 aliphatic heterocycles. The molecule has 0 amide bonds. The number of anilines is 1. The predicted octanol–water partition coefficient (Wildman–Crippen LogP) is 4.71. The number of halogens is 1. The van der Waals surface area contributed by atoms with E-state index in [1.54, 1.807) is 0 Å². The van der Waals surface area contributed by atoms with Gasteiger partial charge in [0.2, 0.25) is 11.8 Å². The van der Waals surface area contributed by atoms with Crippen molar-refractivity contribution in [2.45, 2.75) is 6.92 Å². The molecule has 0 unspecified atom stereocenters. The minimum absolute atomic E-state index is 0.246. The molecule has 2 N–H and O–H groups in total. The summed E-state index contributed by atoms with van der Waals surface area (Å²) in [4.78, 5) is 8.13. The van der Waals surface area contributed by atoms with Gasteiger partial charge in [-0.05, 0) is 43.3 Å². The van der Waals surface area contributed by atoms with Crippen LogP contribution >= 0.6 is 15.9 Å². The highest BCUT2D eigenvalue weighted by molar-refractivity contribution is 9.10. The highest BCUT2D eigenvalue weighted by Gasteiger charge is 2.12. The summed E-state index contributed by atoms with van der Waals surface area (Å²) in [5, 5.41) is 0. The van der Waals surface area contributed by atoms with Gasteiger partial charge >= 0.3 is 0 Å². The van der Waals surface area contributed by atoms with Gasteiger partial charge in [0.05, 0.1) is 0 Å². The second kappa shape index (κ2) is 6.66. The molecule has 3 aromatic rings. The summed E-state index contributed by atoms with van der Waals surface area (Å²) >= 11 is 3.37. The number of benzene rings is 2. The monoisotopic (exact) mass is 371 g/mol. The van der Waals surface area contributed by atoms with E-state index in [1.165, 1.54) is 6.33 Å². The lowest BCUT2D eigenvalue weighted by Crippen LogP contribution is -2.00.